The van der Waals surface area contributed by atoms with Crippen molar-refractivity contribution in [1.29, 1.82) is 0 Å². The van der Waals surface area contributed by atoms with Gasteiger partial charge in [0.25, 0.3) is 0 Å². The van der Waals surface area contributed by atoms with Crippen LogP contribution in [-0.4, -0.2) is 5.11 Å². The predicted molar refractivity (Wildman–Crippen MR) is 90.6 cm³/mol. The Labute approximate surface area is 131 Å². The molecule has 0 aliphatic heterocycles. The van der Waals surface area contributed by atoms with E-state index in [0.717, 1.165) is 16.8 Å². The van der Waals surface area contributed by atoms with Crippen molar-refractivity contribution in [1.82, 2.24) is 0 Å². The van der Waals surface area contributed by atoms with Crippen LogP contribution < -0.4 is 5.32 Å². The lowest BCUT2D eigenvalue weighted by atomic mass is 9.95. The number of benzene rings is 3. The van der Waals surface area contributed by atoms with Crippen LogP contribution in [0, 0.1) is 0 Å². The molecule has 3 rings (SSSR count). The predicted octanol–water partition coefficient (Wildman–Crippen LogP) is 4.57. The zero-order valence-corrected chi connectivity index (χ0v) is 12.3. The zero-order valence-electron chi connectivity index (χ0n) is 12.3. The second-order valence-electron chi connectivity index (χ2n) is 5.25. The summed E-state index contributed by atoms with van der Waals surface area (Å²) in [6.07, 6.45) is -0.621. The number of hydrogen-bond donors (Lipinski definition) is 2. The first-order chi connectivity index (χ1) is 10.8. The zero-order chi connectivity index (χ0) is 15.2. The minimum atomic E-state index is -0.621. The Morgan fingerprint density at radius 1 is 0.591 bits per heavy atom. The summed E-state index contributed by atoms with van der Waals surface area (Å²) >= 11 is 0. The average Bonchev–Trinajstić information content (AvgIpc) is 2.61. The van der Waals surface area contributed by atoms with Gasteiger partial charge in [-0.25, -0.2) is 0 Å². The smallest absolute Gasteiger partial charge is 0.103 e. The molecule has 0 aliphatic carbocycles. The second kappa shape index (κ2) is 6.92. The molecule has 0 aliphatic rings. The summed E-state index contributed by atoms with van der Waals surface area (Å²) in [5.74, 6) is 0. The van der Waals surface area contributed by atoms with Gasteiger partial charge < -0.3 is 10.4 Å². The van der Waals surface area contributed by atoms with Gasteiger partial charge in [0.1, 0.15) is 6.10 Å². The van der Waals surface area contributed by atoms with Gasteiger partial charge in [-0.1, -0.05) is 78.9 Å². The summed E-state index contributed by atoms with van der Waals surface area (Å²) in [6, 6.07) is 29.6. The quantitative estimate of drug-likeness (QED) is 0.721. The van der Waals surface area contributed by atoms with Crippen LogP contribution in [0.3, 0.4) is 0 Å². The molecule has 110 valence electrons. The fourth-order valence-electron chi connectivity index (χ4n) is 2.56. The van der Waals surface area contributed by atoms with Gasteiger partial charge in [0.2, 0.25) is 0 Å². The molecule has 0 spiro atoms. The molecule has 22 heavy (non-hydrogen) atoms. The van der Waals surface area contributed by atoms with Crippen LogP contribution in [0.1, 0.15) is 23.3 Å². The topological polar surface area (TPSA) is 32.3 Å². The number of nitrogens with one attached hydrogen (secondary N) is 1. The third-order valence-electron chi connectivity index (χ3n) is 3.71. The Morgan fingerprint density at radius 2 is 1.05 bits per heavy atom. The molecule has 0 fully saturated rings. The Bertz CT molecular complexity index is 683. The van der Waals surface area contributed by atoms with Gasteiger partial charge in [-0.2, -0.15) is 0 Å². The van der Waals surface area contributed by atoms with Crippen LogP contribution in [-0.2, 0) is 0 Å². The lowest BCUT2D eigenvalue weighted by Crippen LogP contribution is -2.19. The highest BCUT2D eigenvalue weighted by Crippen LogP contribution is 2.31. The van der Waals surface area contributed by atoms with Gasteiger partial charge in [-0.15, -0.1) is 0 Å². The maximum atomic E-state index is 10.8. The molecule has 0 amide bonds. The van der Waals surface area contributed by atoms with Crippen molar-refractivity contribution in [3.8, 4) is 0 Å². The standard InChI is InChI=1S/C20H19NO/c22-20(17-12-6-2-7-13-17)19(16-10-4-1-5-11-16)21-18-14-8-3-9-15-18/h1-15,19-22H/t19?,20-/m0/s1. The summed E-state index contributed by atoms with van der Waals surface area (Å²) in [5.41, 5.74) is 2.95. The molecule has 0 radical (unpaired) electrons. The average molecular weight is 289 g/mol. The molecule has 0 aromatic heterocycles. The molecule has 2 N–H and O–H groups in total. The molecule has 0 saturated carbocycles. The number of aliphatic hydroxyl groups is 1. The van der Waals surface area contributed by atoms with Crippen LogP contribution in [0.25, 0.3) is 0 Å². The minimum absolute atomic E-state index is 0.203. The molecular formula is C20H19NO. The van der Waals surface area contributed by atoms with Crippen molar-refractivity contribution in [3.05, 3.63) is 102 Å². The summed E-state index contributed by atoms with van der Waals surface area (Å²) in [6.45, 7) is 0. The van der Waals surface area contributed by atoms with Crippen molar-refractivity contribution >= 4 is 5.69 Å². The first-order valence-electron chi connectivity index (χ1n) is 7.44. The van der Waals surface area contributed by atoms with E-state index in [9.17, 15) is 5.11 Å². The summed E-state index contributed by atoms with van der Waals surface area (Å²) in [7, 11) is 0. The van der Waals surface area contributed by atoms with Gasteiger partial charge in [-0.3, -0.25) is 0 Å². The van der Waals surface area contributed by atoms with Crippen molar-refractivity contribution in [2.45, 2.75) is 12.1 Å². The Balaban J connectivity index is 1.93. The van der Waals surface area contributed by atoms with Crippen LogP contribution >= 0.6 is 0 Å². The molecule has 3 aromatic rings. The van der Waals surface area contributed by atoms with E-state index >= 15 is 0 Å². The lowest BCUT2D eigenvalue weighted by Gasteiger charge is -2.26. The molecule has 2 atom stereocenters. The number of para-hydroxylation sites is 1. The van der Waals surface area contributed by atoms with E-state index in [-0.39, 0.29) is 6.04 Å². The van der Waals surface area contributed by atoms with Crippen molar-refractivity contribution in [2.24, 2.45) is 0 Å². The number of hydrogen-bond acceptors (Lipinski definition) is 2. The molecular weight excluding hydrogens is 270 g/mol. The van der Waals surface area contributed by atoms with Gasteiger partial charge in [-0.05, 0) is 23.3 Å². The number of anilines is 1. The fourth-order valence-corrected chi connectivity index (χ4v) is 2.56. The van der Waals surface area contributed by atoms with E-state index in [1.165, 1.54) is 0 Å². The van der Waals surface area contributed by atoms with Crippen LogP contribution in [0.15, 0.2) is 91.0 Å². The summed E-state index contributed by atoms with van der Waals surface area (Å²) < 4.78 is 0. The molecule has 3 aromatic carbocycles. The maximum absolute atomic E-state index is 10.8. The summed E-state index contributed by atoms with van der Waals surface area (Å²) in [4.78, 5) is 0. The minimum Gasteiger partial charge on any atom is -0.386 e. The second-order valence-corrected chi connectivity index (χ2v) is 5.25. The van der Waals surface area contributed by atoms with Crippen molar-refractivity contribution in [2.75, 3.05) is 5.32 Å². The fraction of sp³-hybridized carbons (Fsp3) is 0.100. The number of rotatable bonds is 5. The summed E-state index contributed by atoms with van der Waals surface area (Å²) in [5, 5.41) is 14.3. The SMILES string of the molecule is O[C@@H](c1ccccc1)C(Nc1ccccc1)c1ccccc1. The Hall–Kier alpha value is -2.58. The van der Waals surface area contributed by atoms with Gasteiger partial charge in [0.15, 0.2) is 0 Å². The third kappa shape index (κ3) is 3.35. The molecule has 2 nitrogen and oxygen atoms in total. The Morgan fingerprint density at radius 3 is 1.59 bits per heavy atom. The van der Waals surface area contributed by atoms with E-state index in [0.29, 0.717) is 0 Å². The molecule has 0 heterocycles. The van der Waals surface area contributed by atoms with E-state index in [4.69, 9.17) is 0 Å². The molecule has 0 bridgehead atoms. The number of aliphatic hydroxyl groups excluding tert-OH is 1. The maximum Gasteiger partial charge on any atom is 0.103 e. The lowest BCUT2D eigenvalue weighted by molar-refractivity contribution is 0.155. The van der Waals surface area contributed by atoms with Crippen molar-refractivity contribution < 1.29 is 5.11 Å². The molecule has 2 heteroatoms. The van der Waals surface area contributed by atoms with Gasteiger partial charge in [0.05, 0.1) is 6.04 Å². The van der Waals surface area contributed by atoms with E-state index in [1.54, 1.807) is 0 Å². The van der Waals surface area contributed by atoms with Crippen LogP contribution in [0.2, 0.25) is 0 Å². The van der Waals surface area contributed by atoms with Crippen LogP contribution in [0.4, 0.5) is 5.69 Å². The largest absolute Gasteiger partial charge is 0.386 e. The highest BCUT2D eigenvalue weighted by Gasteiger charge is 2.22. The van der Waals surface area contributed by atoms with E-state index in [1.807, 2.05) is 91.0 Å². The van der Waals surface area contributed by atoms with E-state index in [2.05, 4.69) is 5.32 Å². The Kier molecular flexibility index (Phi) is 4.52. The molecule has 1 unspecified atom stereocenters. The first kappa shape index (κ1) is 14.4. The highest BCUT2D eigenvalue weighted by atomic mass is 16.3. The first-order valence-corrected chi connectivity index (χ1v) is 7.44. The monoisotopic (exact) mass is 289 g/mol. The van der Waals surface area contributed by atoms with Gasteiger partial charge >= 0.3 is 0 Å². The van der Waals surface area contributed by atoms with Crippen LogP contribution in [0.5, 0.6) is 0 Å². The van der Waals surface area contributed by atoms with E-state index < -0.39 is 6.10 Å². The normalized spacial score (nSPS) is 13.3. The van der Waals surface area contributed by atoms with Gasteiger partial charge in [0, 0.05) is 5.69 Å². The van der Waals surface area contributed by atoms with Crippen molar-refractivity contribution in [3.63, 3.8) is 0 Å². The highest BCUT2D eigenvalue weighted by molar-refractivity contribution is 5.46. The molecule has 0 saturated heterocycles. The third-order valence-corrected chi connectivity index (χ3v) is 3.71.